The predicted octanol–water partition coefficient (Wildman–Crippen LogP) is 2.31. The maximum atomic E-state index is 12.5. The molecule has 1 fully saturated rings. The lowest BCUT2D eigenvalue weighted by Gasteiger charge is -2.27. The summed E-state index contributed by atoms with van der Waals surface area (Å²) in [5.41, 5.74) is 3.26. The molecule has 0 aliphatic carbocycles. The fourth-order valence-corrected chi connectivity index (χ4v) is 2.59. The minimum atomic E-state index is 0.0262. The van der Waals surface area contributed by atoms with Crippen molar-refractivity contribution in [3.05, 3.63) is 47.3 Å². The Labute approximate surface area is 135 Å². The number of nitrogens with one attached hydrogen (secondary N) is 1. The van der Waals surface area contributed by atoms with Crippen LogP contribution in [0.2, 0.25) is 0 Å². The van der Waals surface area contributed by atoms with E-state index in [2.05, 4.69) is 15.3 Å². The van der Waals surface area contributed by atoms with Gasteiger partial charge in [-0.3, -0.25) is 4.79 Å². The molecule has 0 unspecified atom stereocenters. The van der Waals surface area contributed by atoms with Gasteiger partial charge >= 0.3 is 0 Å². The van der Waals surface area contributed by atoms with Gasteiger partial charge in [0.2, 0.25) is 5.95 Å². The fourth-order valence-electron chi connectivity index (χ4n) is 2.59. The molecule has 0 atom stereocenters. The van der Waals surface area contributed by atoms with E-state index < -0.39 is 0 Å². The molecule has 1 aliphatic rings. The van der Waals surface area contributed by atoms with E-state index in [1.165, 1.54) is 0 Å². The maximum Gasteiger partial charge on any atom is 0.254 e. The minimum Gasteiger partial charge on any atom is -0.378 e. The second-order valence-electron chi connectivity index (χ2n) is 5.58. The second kappa shape index (κ2) is 6.75. The van der Waals surface area contributed by atoms with Gasteiger partial charge in [0.25, 0.3) is 5.91 Å². The lowest BCUT2D eigenvalue weighted by atomic mass is 10.1. The summed E-state index contributed by atoms with van der Waals surface area (Å²) in [6.45, 7) is 6.32. The van der Waals surface area contributed by atoms with Crippen molar-refractivity contribution >= 4 is 17.5 Å². The summed E-state index contributed by atoms with van der Waals surface area (Å²) in [5.74, 6) is 0.566. The average molecular weight is 312 g/mol. The first-order valence-corrected chi connectivity index (χ1v) is 7.68. The minimum absolute atomic E-state index is 0.0262. The van der Waals surface area contributed by atoms with Gasteiger partial charge in [-0.1, -0.05) is 6.07 Å². The topological polar surface area (TPSA) is 67.4 Å². The number of morpholine rings is 1. The molecule has 1 aromatic carbocycles. The van der Waals surface area contributed by atoms with Gasteiger partial charge in [0, 0.05) is 35.7 Å². The number of ether oxygens (including phenoxy) is 1. The highest BCUT2D eigenvalue weighted by atomic mass is 16.5. The van der Waals surface area contributed by atoms with E-state index >= 15 is 0 Å². The van der Waals surface area contributed by atoms with Crippen molar-refractivity contribution in [3.63, 3.8) is 0 Å². The third-order valence-electron chi connectivity index (χ3n) is 3.65. The van der Waals surface area contributed by atoms with E-state index in [9.17, 15) is 4.79 Å². The zero-order chi connectivity index (χ0) is 16.2. The molecule has 6 heteroatoms. The largest absolute Gasteiger partial charge is 0.378 e. The Balaban J connectivity index is 1.77. The molecule has 0 radical (unpaired) electrons. The van der Waals surface area contributed by atoms with Crippen LogP contribution in [0.5, 0.6) is 0 Å². The molecular weight excluding hydrogens is 292 g/mol. The molecule has 3 rings (SSSR count). The Morgan fingerprint density at radius 3 is 2.52 bits per heavy atom. The van der Waals surface area contributed by atoms with Crippen molar-refractivity contribution in [2.75, 3.05) is 31.6 Å². The maximum absolute atomic E-state index is 12.5. The summed E-state index contributed by atoms with van der Waals surface area (Å²) in [4.78, 5) is 23.1. The molecule has 6 nitrogen and oxygen atoms in total. The van der Waals surface area contributed by atoms with Crippen molar-refractivity contribution in [1.82, 2.24) is 14.9 Å². The summed E-state index contributed by atoms with van der Waals surface area (Å²) in [6.07, 6.45) is 0. The summed E-state index contributed by atoms with van der Waals surface area (Å²) in [5, 5.41) is 3.17. The molecule has 1 saturated heterocycles. The highest BCUT2D eigenvalue weighted by Gasteiger charge is 2.18. The fraction of sp³-hybridized carbons (Fsp3) is 0.353. The molecule has 120 valence electrons. The van der Waals surface area contributed by atoms with Crippen molar-refractivity contribution in [1.29, 1.82) is 0 Å². The number of carbonyl (C=O) groups is 1. The highest BCUT2D eigenvalue weighted by Crippen LogP contribution is 2.17. The number of hydrogen-bond acceptors (Lipinski definition) is 5. The number of carbonyl (C=O) groups excluding carboxylic acids is 1. The molecule has 2 aromatic rings. The van der Waals surface area contributed by atoms with Crippen LogP contribution in [0.3, 0.4) is 0 Å². The third-order valence-corrected chi connectivity index (χ3v) is 3.65. The number of amides is 1. The van der Waals surface area contributed by atoms with E-state index in [0.29, 0.717) is 37.8 Å². The van der Waals surface area contributed by atoms with Gasteiger partial charge < -0.3 is 15.0 Å². The summed E-state index contributed by atoms with van der Waals surface area (Å²) in [7, 11) is 0. The monoisotopic (exact) mass is 312 g/mol. The quantitative estimate of drug-likeness (QED) is 0.942. The van der Waals surface area contributed by atoms with E-state index in [0.717, 1.165) is 17.1 Å². The van der Waals surface area contributed by atoms with Crippen LogP contribution in [-0.2, 0) is 4.74 Å². The molecule has 0 saturated carbocycles. The SMILES string of the molecule is Cc1cc(C)nc(Nc2cccc(C(=O)N3CCOCC3)c2)n1. The number of rotatable bonds is 3. The predicted molar refractivity (Wildman–Crippen MR) is 88.0 cm³/mol. The normalized spacial score (nSPS) is 14.6. The Kier molecular flexibility index (Phi) is 4.52. The zero-order valence-electron chi connectivity index (χ0n) is 13.4. The van der Waals surface area contributed by atoms with Crippen molar-refractivity contribution in [2.24, 2.45) is 0 Å². The molecule has 0 spiro atoms. The third kappa shape index (κ3) is 3.84. The first-order chi connectivity index (χ1) is 11.1. The van der Waals surface area contributed by atoms with Gasteiger partial charge in [-0.15, -0.1) is 0 Å². The number of benzene rings is 1. The summed E-state index contributed by atoms with van der Waals surface area (Å²) >= 11 is 0. The van der Waals surface area contributed by atoms with Crippen LogP contribution in [0.15, 0.2) is 30.3 Å². The number of aromatic nitrogens is 2. The van der Waals surface area contributed by atoms with Gasteiger partial charge in [0.05, 0.1) is 13.2 Å². The average Bonchev–Trinajstić information content (AvgIpc) is 2.54. The van der Waals surface area contributed by atoms with Crippen molar-refractivity contribution < 1.29 is 9.53 Å². The smallest absolute Gasteiger partial charge is 0.254 e. The van der Waals surface area contributed by atoms with Crippen molar-refractivity contribution in [2.45, 2.75) is 13.8 Å². The van der Waals surface area contributed by atoms with Gasteiger partial charge in [0.1, 0.15) is 0 Å². The van der Waals surface area contributed by atoms with Crippen LogP contribution < -0.4 is 5.32 Å². The van der Waals surface area contributed by atoms with Gasteiger partial charge in [-0.05, 0) is 38.1 Å². The molecule has 23 heavy (non-hydrogen) atoms. The first-order valence-electron chi connectivity index (χ1n) is 7.68. The second-order valence-corrected chi connectivity index (χ2v) is 5.58. The standard InChI is InChI=1S/C17H20N4O2/c1-12-10-13(2)19-17(18-12)20-15-5-3-4-14(11-15)16(22)21-6-8-23-9-7-21/h3-5,10-11H,6-9H2,1-2H3,(H,18,19,20). The Morgan fingerprint density at radius 2 is 1.83 bits per heavy atom. The first kappa shape index (κ1) is 15.4. The van der Waals surface area contributed by atoms with Crippen molar-refractivity contribution in [3.8, 4) is 0 Å². The number of hydrogen-bond donors (Lipinski definition) is 1. The lowest BCUT2D eigenvalue weighted by Crippen LogP contribution is -2.40. The van der Waals surface area contributed by atoms with E-state index in [1.807, 2.05) is 49.1 Å². The number of anilines is 2. The molecule has 1 amide bonds. The van der Waals surface area contributed by atoms with Gasteiger partial charge in [0.15, 0.2) is 0 Å². The van der Waals surface area contributed by atoms with E-state index in [1.54, 1.807) is 0 Å². The molecule has 1 N–H and O–H groups in total. The molecule has 1 aliphatic heterocycles. The van der Waals surface area contributed by atoms with Crippen LogP contribution in [0.4, 0.5) is 11.6 Å². The van der Waals surface area contributed by atoms with Crippen LogP contribution in [0.25, 0.3) is 0 Å². The van der Waals surface area contributed by atoms with E-state index in [4.69, 9.17) is 4.74 Å². The van der Waals surface area contributed by atoms with Crippen LogP contribution in [-0.4, -0.2) is 47.1 Å². The van der Waals surface area contributed by atoms with Gasteiger partial charge in [-0.2, -0.15) is 0 Å². The molecule has 2 heterocycles. The number of nitrogens with zero attached hydrogens (tertiary/aromatic N) is 3. The summed E-state index contributed by atoms with van der Waals surface area (Å²) < 4.78 is 5.29. The van der Waals surface area contributed by atoms with Crippen LogP contribution >= 0.6 is 0 Å². The molecular formula is C17H20N4O2. The molecule has 1 aromatic heterocycles. The zero-order valence-corrected chi connectivity index (χ0v) is 13.4. The Morgan fingerprint density at radius 1 is 1.13 bits per heavy atom. The highest BCUT2D eigenvalue weighted by molar-refractivity contribution is 5.95. The van der Waals surface area contributed by atoms with E-state index in [-0.39, 0.29) is 5.91 Å². The van der Waals surface area contributed by atoms with Crippen LogP contribution in [0, 0.1) is 13.8 Å². The Bertz CT molecular complexity index is 691. The van der Waals surface area contributed by atoms with Crippen LogP contribution in [0.1, 0.15) is 21.7 Å². The lowest BCUT2D eigenvalue weighted by molar-refractivity contribution is 0.0303. The molecule has 0 bridgehead atoms. The Hall–Kier alpha value is -2.47. The number of aryl methyl sites for hydroxylation is 2. The summed E-state index contributed by atoms with van der Waals surface area (Å²) in [6, 6.07) is 9.34. The van der Waals surface area contributed by atoms with Gasteiger partial charge in [-0.25, -0.2) is 9.97 Å².